The Morgan fingerprint density at radius 1 is 1.41 bits per heavy atom. The van der Waals surface area contributed by atoms with Crippen molar-refractivity contribution in [1.82, 2.24) is 20.4 Å². The minimum Gasteiger partial charge on any atom is -0.333 e. The topological polar surface area (TPSA) is 61.0 Å². The number of amides is 1. The Morgan fingerprint density at radius 3 is 2.95 bits per heavy atom. The molecule has 22 heavy (non-hydrogen) atoms. The molecule has 2 heterocycles. The fraction of sp³-hybridized carbons (Fsp3) is 0.375. The Hall–Kier alpha value is -2.21. The lowest BCUT2D eigenvalue weighted by atomic mass is 10.0. The highest BCUT2D eigenvalue weighted by atomic mass is 19.1. The Balaban J connectivity index is 1.86. The maximum Gasteiger partial charge on any atom is 0.274 e. The third-order valence-corrected chi connectivity index (χ3v) is 4.27. The van der Waals surface area contributed by atoms with Gasteiger partial charge >= 0.3 is 0 Å². The van der Waals surface area contributed by atoms with Gasteiger partial charge in [0.1, 0.15) is 5.82 Å². The minimum absolute atomic E-state index is 0.197. The molecule has 0 aliphatic carbocycles. The van der Waals surface area contributed by atoms with Crippen molar-refractivity contribution in [3.05, 3.63) is 52.6 Å². The SMILES string of the molecule is CC(c1ccccc1F)N(C)C(=O)c1n[nH]c2c1CNCC2. The monoisotopic (exact) mass is 302 g/mol. The molecule has 2 aromatic rings. The molecule has 2 N–H and O–H groups in total. The molecule has 0 radical (unpaired) electrons. The fourth-order valence-electron chi connectivity index (χ4n) is 2.77. The second kappa shape index (κ2) is 5.88. The second-order valence-electron chi connectivity index (χ2n) is 5.57. The van der Waals surface area contributed by atoms with Crippen LogP contribution in [0.1, 0.15) is 40.3 Å². The number of nitrogens with one attached hydrogen (secondary N) is 2. The molecule has 0 saturated carbocycles. The fourth-order valence-corrected chi connectivity index (χ4v) is 2.77. The van der Waals surface area contributed by atoms with Crippen LogP contribution in [0.5, 0.6) is 0 Å². The van der Waals surface area contributed by atoms with Crippen molar-refractivity contribution in [2.75, 3.05) is 13.6 Å². The first-order chi connectivity index (χ1) is 10.6. The van der Waals surface area contributed by atoms with Gasteiger partial charge in [0.25, 0.3) is 5.91 Å². The van der Waals surface area contributed by atoms with Gasteiger partial charge in [0, 0.05) is 43.4 Å². The van der Waals surface area contributed by atoms with Crippen molar-refractivity contribution in [3.63, 3.8) is 0 Å². The third kappa shape index (κ3) is 2.50. The first-order valence-electron chi connectivity index (χ1n) is 7.38. The number of hydrogen-bond donors (Lipinski definition) is 2. The van der Waals surface area contributed by atoms with Crippen LogP contribution < -0.4 is 5.32 Å². The van der Waals surface area contributed by atoms with Crippen molar-refractivity contribution in [2.45, 2.75) is 25.9 Å². The van der Waals surface area contributed by atoms with E-state index in [0.29, 0.717) is 17.8 Å². The molecule has 1 aromatic heterocycles. The molecule has 3 rings (SSSR count). The molecule has 0 spiro atoms. The molecule has 1 aliphatic heterocycles. The number of rotatable bonds is 3. The van der Waals surface area contributed by atoms with Gasteiger partial charge in [0.05, 0.1) is 6.04 Å². The summed E-state index contributed by atoms with van der Waals surface area (Å²) in [5.41, 5.74) is 2.85. The summed E-state index contributed by atoms with van der Waals surface area (Å²) in [6.07, 6.45) is 0.836. The smallest absolute Gasteiger partial charge is 0.274 e. The van der Waals surface area contributed by atoms with Crippen molar-refractivity contribution >= 4 is 5.91 Å². The lowest BCUT2D eigenvalue weighted by molar-refractivity contribution is 0.0733. The van der Waals surface area contributed by atoms with Gasteiger partial charge in [0.15, 0.2) is 5.69 Å². The molecule has 1 unspecified atom stereocenters. The molecule has 1 atom stereocenters. The van der Waals surface area contributed by atoms with E-state index in [1.54, 1.807) is 25.2 Å². The Bertz CT molecular complexity index is 697. The zero-order valence-electron chi connectivity index (χ0n) is 12.7. The van der Waals surface area contributed by atoms with E-state index in [4.69, 9.17) is 0 Å². The molecule has 0 fully saturated rings. The molecular formula is C16H19FN4O. The molecule has 0 saturated heterocycles. The van der Waals surface area contributed by atoms with Crippen LogP contribution in [-0.4, -0.2) is 34.6 Å². The summed E-state index contributed by atoms with van der Waals surface area (Å²) >= 11 is 0. The maximum absolute atomic E-state index is 13.9. The van der Waals surface area contributed by atoms with Gasteiger partial charge in [0.2, 0.25) is 0 Å². The Labute approximate surface area is 128 Å². The van der Waals surface area contributed by atoms with E-state index < -0.39 is 0 Å². The number of fused-ring (bicyclic) bond motifs is 1. The molecule has 1 aromatic carbocycles. The maximum atomic E-state index is 13.9. The predicted molar refractivity (Wildman–Crippen MR) is 80.9 cm³/mol. The highest BCUT2D eigenvalue weighted by Crippen LogP contribution is 2.24. The van der Waals surface area contributed by atoms with E-state index >= 15 is 0 Å². The van der Waals surface area contributed by atoms with E-state index in [-0.39, 0.29) is 17.8 Å². The van der Waals surface area contributed by atoms with E-state index in [2.05, 4.69) is 15.5 Å². The van der Waals surface area contributed by atoms with Gasteiger partial charge in [-0.1, -0.05) is 18.2 Å². The summed E-state index contributed by atoms with van der Waals surface area (Å²) in [4.78, 5) is 14.2. The van der Waals surface area contributed by atoms with Crippen molar-refractivity contribution < 1.29 is 9.18 Å². The van der Waals surface area contributed by atoms with E-state index in [1.165, 1.54) is 11.0 Å². The van der Waals surface area contributed by atoms with Crippen LogP contribution in [0.4, 0.5) is 4.39 Å². The van der Waals surface area contributed by atoms with Crippen LogP contribution in [0.15, 0.2) is 24.3 Å². The summed E-state index contributed by atoms with van der Waals surface area (Å²) in [5.74, 6) is -0.502. The van der Waals surface area contributed by atoms with Gasteiger partial charge in [-0.2, -0.15) is 5.10 Å². The lowest BCUT2D eigenvalue weighted by Crippen LogP contribution is -2.32. The average Bonchev–Trinajstić information content (AvgIpc) is 2.97. The number of carbonyl (C=O) groups is 1. The van der Waals surface area contributed by atoms with Crippen LogP contribution in [0.3, 0.4) is 0 Å². The number of benzene rings is 1. The number of aromatic amines is 1. The number of carbonyl (C=O) groups excluding carboxylic acids is 1. The Kier molecular flexibility index (Phi) is 3.94. The summed E-state index contributed by atoms with van der Waals surface area (Å²) in [6.45, 7) is 3.33. The van der Waals surface area contributed by atoms with Crippen molar-refractivity contribution in [1.29, 1.82) is 0 Å². The van der Waals surface area contributed by atoms with Crippen LogP contribution in [0, 0.1) is 5.82 Å². The zero-order chi connectivity index (χ0) is 15.7. The lowest BCUT2D eigenvalue weighted by Gasteiger charge is -2.25. The highest BCUT2D eigenvalue weighted by molar-refractivity contribution is 5.94. The molecule has 0 bridgehead atoms. The quantitative estimate of drug-likeness (QED) is 0.912. The molecule has 6 heteroatoms. The van der Waals surface area contributed by atoms with Crippen LogP contribution in [0.2, 0.25) is 0 Å². The average molecular weight is 302 g/mol. The van der Waals surface area contributed by atoms with Gasteiger partial charge in [-0.3, -0.25) is 9.89 Å². The molecule has 1 amide bonds. The second-order valence-corrected chi connectivity index (χ2v) is 5.57. The number of halogens is 1. The molecule has 1 aliphatic rings. The number of aromatic nitrogens is 2. The van der Waals surface area contributed by atoms with Gasteiger partial charge in [-0.25, -0.2) is 4.39 Å². The number of nitrogens with zero attached hydrogens (tertiary/aromatic N) is 2. The van der Waals surface area contributed by atoms with E-state index in [1.807, 2.05) is 6.92 Å². The number of hydrogen-bond acceptors (Lipinski definition) is 3. The largest absolute Gasteiger partial charge is 0.333 e. The Morgan fingerprint density at radius 2 is 2.18 bits per heavy atom. The first-order valence-corrected chi connectivity index (χ1v) is 7.38. The minimum atomic E-state index is -0.363. The summed E-state index contributed by atoms with van der Waals surface area (Å²) in [5, 5.41) is 10.3. The number of H-pyrrole nitrogens is 1. The summed E-state index contributed by atoms with van der Waals surface area (Å²) in [7, 11) is 1.68. The zero-order valence-corrected chi connectivity index (χ0v) is 12.7. The van der Waals surface area contributed by atoms with Crippen LogP contribution in [0.25, 0.3) is 0 Å². The molecule has 5 nitrogen and oxygen atoms in total. The molecule has 116 valence electrons. The molecular weight excluding hydrogens is 283 g/mol. The van der Waals surface area contributed by atoms with Gasteiger partial charge in [-0.15, -0.1) is 0 Å². The standard InChI is InChI=1S/C16H19FN4O/c1-10(11-5-3-4-6-13(11)17)21(2)16(22)15-12-9-18-8-7-14(12)19-20-15/h3-6,10,18H,7-9H2,1-2H3,(H,19,20). The first kappa shape index (κ1) is 14.7. The van der Waals surface area contributed by atoms with Crippen LogP contribution in [-0.2, 0) is 13.0 Å². The van der Waals surface area contributed by atoms with Crippen molar-refractivity contribution in [2.24, 2.45) is 0 Å². The summed E-state index contributed by atoms with van der Waals surface area (Å²) < 4.78 is 13.9. The van der Waals surface area contributed by atoms with E-state index in [9.17, 15) is 9.18 Å². The van der Waals surface area contributed by atoms with E-state index in [0.717, 1.165) is 24.2 Å². The third-order valence-electron chi connectivity index (χ3n) is 4.27. The predicted octanol–water partition coefficient (Wildman–Crippen LogP) is 2.03. The van der Waals surface area contributed by atoms with Crippen molar-refractivity contribution in [3.8, 4) is 0 Å². The van der Waals surface area contributed by atoms with Gasteiger partial charge in [-0.05, 0) is 13.0 Å². The van der Waals surface area contributed by atoms with Crippen LogP contribution >= 0.6 is 0 Å². The summed E-state index contributed by atoms with van der Waals surface area (Å²) in [6, 6.07) is 6.16. The normalized spacial score (nSPS) is 15.2. The highest BCUT2D eigenvalue weighted by Gasteiger charge is 2.27. The van der Waals surface area contributed by atoms with Gasteiger partial charge < -0.3 is 10.2 Å².